The number of ether oxygens (including phenoxy) is 1. The molecule has 0 aromatic heterocycles. The molecule has 4 nitrogen and oxygen atoms in total. The van der Waals surface area contributed by atoms with Gasteiger partial charge < -0.3 is 14.1 Å². The quantitative estimate of drug-likeness (QED) is 0.741. The van der Waals surface area contributed by atoms with E-state index in [1.54, 1.807) is 0 Å². The number of carbonyl (C=O) groups is 1. The molecular formula is C19H31NO3Si. The minimum atomic E-state index is -1.76. The summed E-state index contributed by atoms with van der Waals surface area (Å²) in [4.78, 5) is 14.2. The molecule has 0 bridgehead atoms. The number of anilines is 1. The van der Waals surface area contributed by atoms with Gasteiger partial charge in [0.1, 0.15) is 5.75 Å². The van der Waals surface area contributed by atoms with Crippen LogP contribution in [0.25, 0.3) is 0 Å². The Morgan fingerprint density at radius 3 is 2.62 bits per heavy atom. The Hall–Kier alpha value is -1.33. The average Bonchev–Trinajstić information content (AvgIpc) is 2.47. The van der Waals surface area contributed by atoms with Crippen molar-refractivity contribution in [2.75, 3.05) is 24.7 Å². The van der Waals surface area contributed by atoms with Gasteiger partial charge in [0.15, 0.2) is 14.9 Å². The molecule has 1 aromatic rings. The second-order valence-electron chi connectivity index (χ2n) is 8.44. The lowest BCUT2D eigenvalue weighted by atomic mass is 10.1. The van der Waals surface area contributed by atoms with Gasteiger partial charge in [-0.1, -0.05) is 33.8 Å². The zero-order chi connectivity index (χ0) is 18.1. The van der Waals surface area contributed by atoms with Crippen LogP contribution in [0.4, 0.5) is 5.69 Å². The van der Waals surface area contributed by atoms with Crippen molar-refractivity contribution < 1.29 is 14.0 Å². The van der Waals surface area contributed by atoms with E-state index in [1.807, 2.05) is 30.0 Å². The third-order valence-corrected chi connectivity index (χ3v) is 9.59. The Labute approximate surface area is 147 Å². The fourth-order valence-corrected chi connectivity index (χ4v) is 3.58. The largest absolute Gasteiger partial charge is 0.482 e. The molecule has 5 heteroatoms. The monoisotopic (exact) mass is 349 g/mol. The van der Waals surface area contributed by atoms with Gasteiger partial charge in [-0.25, -0.2) is 0 Å². The molecule has 1 aromatic carbocycles. The number of nitrogens with zero attached hydrogens (tertiary/aromatic N) is 1. The zero-order valence-electron chi connectivity index (χ0n) is 16.1. The predicted octanol–water partition coefficient (Wildman–Crippen LogP) is 4.38. The van der Waals surface area contributed by atoms with E-state index in [2.05, 4.69) is 40.8 Å². The average molecular weight is 350 g/mol. The van der Waals surface area contributed by atoms with Gasteiger partial charge in [-0.05, 0) is 48.7 Å². The molecule has 0 aliphatic carbocycles. The van der Waals surface area contributed by atoms with Crippen LogP contribution in [-0.4, -0.2) is 34.0 Å². The Morgan fingerprint density at radius 2 is 2.00 bits per heavy atom. The highest BCUT2D eigenvalue weighted by Gasteiger charge is 2.37. The maximum absolute atomic E-state index is 12.3. The van der Waals surface area contributed by atoms with Crippen molar-refractivity contribution in [2.45, 2.75) is 52.8 Å². The molecule has 1 aliphatic heterocycles. The van der Waals surface area contributed by atoms with Crippen LogP contribution in [0.5, 0.6) is 5.75 Å². The van der Waals surface area contributed by atoms with Crippen molar-refractivity contribution >= 4 is 19.9 Å². The molecule has 134 valence electrons. The molecule has 1 amide bonds. The summed E-state index contributed by atoms with van der Waals surface area (Å²) in [5.74, 6) is 1.08. The third-order valence-electron chi connectivity index (χ3n) is 5.09. The predicted molar refractivity (Wildman–Crippen MR) is 101 cm³/mol. The van der Waals surface area contributed by atoms with Crippen molar-refractivity contribution in [3.8, 4) is 5.75 Å². The first-order chi connectivity index (χ1) is 11.0. The number of amides is 1. The fraction of sp³-hybridized carbons (Fsp3) is 0.632. The highest BCUT2D eigenvalue weighted by atomic mass is 28.4. The molecule has 0 spiro atoms. The Morgan fingerprint density at radius 1 is 1.33 bits per heavy atom. The summed E-state index contributed by atoms with van der Waals surface area (Å²) in [5.41, 5.74) is 2.01. The van der Waals surface area contributed by atoms with Crippen molar-refractivity contribution in [3.05, 3.63) is 23.8 Å². The SMILES string of the molecule is Cc1ccc2c(c1)N(CC(C)CO[Si](C)(C)C(C)(C)C)C(=O)CO2. The highest BCUT2D eigenvalue weighted by Crippen LogP contribution is 2.37. The van der Waals surface area contributed by atoms with Crippen LogP contribution in [-0.2, 0) is 9.22 Å². The summed E-state index contributed by atoms with van der Waals surface area (Å²) in [5, 5.41) is 0.200. The Bertz CT molecular complexity index is 607. The standard InChI is InChI=1S/C19H31NO3Si/c1-14-8-9-17-16(10-14)20(18(21)13-22-17)11-15(2)12-23-24(6,7)19(3,4)5/h8-10,15H,11-13H2,1-7H3. The first-order valence-electron chi connectivity index (χ1n) is 8.69. The lowest BCUT2D eigenvalue weighted by Crippen LogP contribution is -2.45. The third kappa shape index (κ3) is 4.19. The van der Waals surface area contributed by atoms with E-state index in [-0.39, 0.29) is 23.5 Å². The number of hydrogen-bond donors (Lipinski definition) is 0. The van der Waals surface area contributed by atoms with Gasteiger partial charge in [0.25, 0.3) is 5.91 Å². The lowest BCUT2D eigenvalue weighted by Gasteiger charge is -2.38. The van der Waals surface area contributed by atoms with E-state index in [0.717, 1.165) is 17.0 Å². The fourth-order valence-electron chi connectivity index (χ4n) is 2.44. The van der Waals surface area contributed by atoms with E-state index >= 15 is 0 Å². The minimum absolute atomic E-state index is 0.0206. The summed E-state index contributed by atoms with van der Waals surface area (Å²) in [7, 11) is -1.76. The Balaban J connectivity index is 2.05. The van der Waals surface area contributed by atoms with E-state index in [0.29, 0.717) is 13.2 Å². The maximum Gasteiger partial charge on any atom is 0.265 e. The molecule has 0 saturated heterocycles. The normalized spacial score (nSPS) is 16.6. The summed E-state index contributed by atoms with van der Waals surface area (Å²) >= 11 is 0. The minimum Gasteiger partial charge on any atom is -0.482 e. The van der Waals surface area contributed by atoms with Crippen molar-refractivity contribution in [3.63, 3.8) is 0 Å². The van der Waals surface area contributed by atoms with Crippen LogP contribution in [0.2, 0.25) is 18.1 Å². The van der Waals surface area contributed by atoms with Crippen LogP contribution < -0.4 is 9.64 Å². The van der Waals surface area contributed by atoms with E-state index < -0.39 is 8.32 Å². The summed E-state index contributed by atoms with van der Waals surface area (Å²) in [6, 6.07) is 5.98. The van der Waals surface area contributed by atoms with Gasteiger partial charge >= 0.3 is 0 Å². The first-order valence-corrected chi connectivity index (χ1v) is 11.6. The molecule has 0 saturated carbocycles. The molecule has 1 unspecified atom stereocenters. The highest BCUT2D eigenvalue weighted by molar-refractivity contribution is 6.74. The number of hydrogen-bond acceptors (Lipinski definition) is 3. The molecule has 2 rings (SSSR count). The Kier molecular flexibility index (Phi) is 5.45. The van der Waals surface area contributed by atoms with Gasteiger partial charge in [-0.15, -0.1) is 0 Å². The lowest BCUT2D eigenvalue weighted by molar-refractivity contribution is -0.121. The van der Waals surface area contributed by atoms with Gasteiger partial charge in [-0.2, -0.15) is 0 Å². The number of carbonyl (C=O) groups excluding carboxylic acids is 1. The molecule has 0 N–H and O–H groups in total. The van der Waals surface area contributed by atoms with Crippen molar-refractivity contribution in [1.82, 2.24) is 0 Å². The summed E-state index contributed by atoms with van der Waals surface area (Å²) in [6.07, 6.45) is 0. The van der Waals surface area contributed by atoms with Gasteiger partial charge in [-0.3, -0.25) is 4.79 Å². The molecule has 0 fully saturated rings. The van der Waals surface area contributed by atoms with Crippen LogP contribution in [0.3, 0.4) is 0 Å². The van der Waals surface area contributed by atoms with E-state index in [9.17, 15) is 4.79 Å². The van der Waals surface area contributed by atoms with Gasteiger partial charge in [0.2, 0.25) is 0 Å². The number of rotatable bonds is 5. The van der Waals surface area contributed by atoms with Crippen molar-refractivity contribution in [2.24, 2.45) is 5.92 Å². The number of fused-ring (bicyclic) bond motifs is 1. The van der Waals surface area contributed by atoms with Crippen LogP contribution in [0.15, 0.2) is 18.2 Å². The van der Waals surface area contributed by atoms with E-state index in [1.165, 1.54) is 0 Å². The second-order valence-corrected chi connectivity index (χ2v) is 13.2. The summed E-state index contributed by atoms with van der Waals surface area (Å²) < 4.78 is 11.9. The van der Waals surface area contributed by atoms with E-state index in [4.69, 9.17) is 9.16 Å². The van der Waals surface area contributed by atoms with Crippen LogP contribution in [0, 0.1) is 12.8 Å². The molecular weight excluding hydrogens is 318 g/mol. The second kappa shape index (κ2) is 6.88. The molecule has 24 heavy (non-hydrogen) atoms. The molecule has 1 aliphatic rings. The van der Waals surface area contributed by atoms with Gasteiger partial charge in [0.05, 0.1) is 5.69 Å². The van der Waals surface area contributed by atoms with Crippen LogP contribution >= 0.6 is 0 Å². The molecule has 0 radical (unpaired) electrons. The summed E-state index contributed by atoms with van der Waals surface area (Å²) in [6.45, 7) is 16.9. The number of benzene rings is 1. The number of aryl methyl sites for hydroxylation is 1. The smallest absolute Gasteiger partial charge is 0.265 e. The topological polar surface area (TPSA) is 38.8 Å². The van der Waals surface area contributed by atoms with Crippen LogP contribution in [0.1, 0.15) is 33.3 Å². The molecule has 1 atom stereocenters. The van der Waals surface area contributed by atoms with Gasteiger partial charge in [0, 0.05) is 13.2 Å². The molecule has 1 heterocycles. The zero-order valence-corrected chi connectivity index (χ0v) is 17.1. The van der Waals surface area contributed by atoms with Crippen molar-refractivity contribution in [1.29, 1.82) is 0 Å². The maximum atomic E-state index is 12.3. The first kappa shape index (κ1) is 19.0.